The maximum atomic E-state index is 12.1. The Labute approximate surface area is 136 Å². The summed E-state index contributed by atoms with van der Waals surface area (Å²) in [5, 5.41) is 4.17. The second-order valence-corrected chi connectivity index (χ2v) is 5.54. The highest BCUT2D eigenvalue weighted by Crippen LogP contribution is 2.23. The lowest BCUT2D eigenvalue weighted by molar-refractivity contribution is -0.115. The van der Waals surface area contributed by atoms with Gasteiger partial charge in [0.2, 0.25) is 0 Å². The van der Waals surface area contributed by atoms with Crippen LogP contribution >= 0.6 is 11.6 Å². The van der Waals surface area contributed by atoms with E-state index < -0.39 is 0 Å². The summed E-state index contributed by atoms with van der Waals surface area (Å²) in [7, 11) is 0. The summed E-state index contributed by atoms with van der Waals surface area (Å²) in [5.74, 6) is 0.325. The molecule has 0 atom stereocenters. The van der Waals surface area contributed by atoms with Crippen LogP contribution in [-0.2, 0) is 4.79 Å². The molecular weight excluding hydrogens is 312 g/mol. The third-order valence-corrected chi connectivity index (χ3v) is 3.77. The molecule has 0 spiro atoms. The fourth-order valence-electron chi connectivity index (χ4n) is 2.47. The van der Waals surface area contributed by atoms with Gasteiger partial charge in [0, 0.05) is 28.9 Å². The lowest BCUT2D eigenvalue weighted by Crippen LogP contribution is -2.24. The largest absolute Gasteiger partial charge is 0.346 e. The lowest BCUT2D eigenvalue weighted by Gasteiger charge is -1.98. The Kier molecular flexibility index (Phi) is 3.20. The van der Waals surface area contributed by atoms with Gasteiger partial charge in [-0.05, 0) is 12.1 Å². The molecule has 1 amide bonds. The predicted octanol–water partition coefficient (Wildman–Crippen LogP) is 3.13. The molecule has 0 fully saturated rings. The van der Waals surface area contributed by atoms with Crippen LogP contribution in [0.2, 0.25) is 5.02 Å². The lowest BCUT2D eigenvalue weighted by atomic mass is 10.2. The standard InChI is InChI=1S/C17H11ClN4O/c18-12-7-13-11(8-19-16(13)20-9-12)6-14-17(23)22-15(21-14)10-4-2-1-3-5-10/h1-9H,(H,19,20)(H,21,22,23)/b14-6-. The predicted molar refractivity (Wildman–Crippen MR) is 90.2 cm³/mol. The maximum Gasteiger partial charge on any atom is 0.275 e. The van der Waals surface area contributed by atoms with Crippen molar-refractivity contribution in [2.75, 3.05) is 0 Å². The Morgan fingerprint density at radius 1 is 1.17 bits per heavy atom. The normalized spacial score (nSPS) is 16.0. The SMILES string of the molecule is O=C1NC(c2ccccc2)=N/C1=C\c1c[nH]c2ncc(Cl)cc12. The number of carbonyl (C=O) groups is 1. The van der Waals surface area contributed by atoms with Gasteiger partial charge in [0.05, 0.1) is 5.02 Å². The van der Waals surface area contributed by atoms with Crippen LogP contribution in [-0.4, -0.2) is 21.7 Å². The average Bonchev–Trinajstić information content (AvgIpc) is 3.13. The third-order valence-electron chi connectivity index (χ3n) is 3.57. The van der Waals surface area contributed by atoms with E-state index in [1.807, 2.05) is 36.4 Å². The van der Waals surface area contributed by atoms with Crippen molar-refractivity contribution in [3.63, 3.8) is 0 Å². The van der Waals surface area contributed by atoms with Crippen LogP contribution in [0, 0.1) is 0 Å². The number of benzene rings is 1. The minimum atomic E-state index is -0.229. The Morgan fingerprint density at radius 3 is 2.83 bits per heavy atom. The molecule has 23 heavy (non-hydrogen) atoms. The molecule has 0 unspecified atom stereocenters. The van der Waals surface area contributed by atoms with E-state index in [0.29, 0.717) is 22.2 Å². The molecule has 0 bridgehead atoms. The van der Waals surface area contributed by atoms with Crippen LogP contribution in [0.15, 0.2) is 59.5 Å². The van der Waals surface area contributed by atoms with Gasteiger partial charge in [-0.2, -0.15) is 0 Å². The molecule has 0 aliphatic carbocycles. The first-order valence-corrected chi connectivity index (χ1v) is 7.38. The molecule has 5 nitrogen and oxygen atoms in total. The molecule has 1 aliphatic rings. The number of pyridine rings is 1. The summed E-state index contributed by atoms with van der Waals surface area (Å²) >= 11 is 5.99. The highest BCUT2D eigenvalue weighted by atomic mass is 35.5. The number of nitrogens with zero attached hydrogens (tertiary/aromatic N) is 2. The van der Waals surface area contributed by atoms with Crippen molar-refractivity contribution >= 4 is 40.5 Å². The van der Waals surface area contributed by atoms with Crippen molar-refractivity contribution in [3.05, 3.63) is 70.6 Å². The van der Waals surface area contributed by atoms with Crippen molar-refractivity contribution in [1.82, 2.24) is 15.3 Å². The molecule has 112 valence electrons. The summed E-state index contributed by atoms with van der Waals surface area (Å²) < 4.78 is 0. The van der Waals surface area contributed by atoms with Gasteiger partial charge < -0.3 is 10.3 Å². The fourth-order valence-corrected chi connectivity index (χ4v) is 2.62. The average molecular weight is 323 g/mol. The Balaban J connectivity index is 1.77. The van der Waals surface area contributed by atoms with Gasteiger partial charge in [-0.3, -0.25) is 4.79 Å². The summed E-state index contributed by atoms with van der Waals surface area (Å²) in [6.07, 6.45) is 5.08. The van der Waals surface area contributed by atoms with Gasteiger partial charge in [0.1, 0.15) is 17.2 Å². The van der Waals surface area contributed by atoms with E-state index in [-0.39, 0.29) is 5.91 Å². The Morgan fingerprint density at radius 2 is 2.00 bits per heavy atom. The molecule has 1 aliphatic heterocycles. The van der Waals surface area contributed by atoms with Crippen molar-refractivity contribution in [2.24, 2.45) is 4.99 Å². The molecule has 2 aromatic heterocycles. The van der Waals surface area contributed by atoms with E-state index in [2.05, 4.69) is 20.3 Å². The second-order valence-electron chi connectivity index (χ2n) is 5.10. The summed E-state index contributed by atoms with van der Waals surface area (Å²) in [6, 6.07) is 11.3. The number of H-pyrrole nitrogens is 1. The van der Waals surface area contributed by atoms with Crippen LogP contribution in [0.3, 0.4) is 0 Å². The zero-order valence-electron chi connectivity index (χ0n) is 11.9. The van der Waals surface area contributed by atoms with E-state index in [1.165, 1.54) is 0 Å². The number of rotatable bonds is 2. The van der Waals surface area contributed by atoms with Crippen molar-refractivity contribution in [3.8, 4) is 0 Å². The molecule has 6 heteroatoms. The van der Waals surface area contributed by atoms with E-state index >= 15 is 0 Å². The van der Waals surface area contributed by atoms with Crippen LogP contribution in [0.4, 0.5) is 0 Å². The molecule has 3 heterocycles. The smallest absolute Gasteiger partial charge is 0.275 e. The number of amides is 1. The molecule has 4 rings (SSSR count). The van der Waals surface area contributed by atoms with Gasteiger partial charge in [0.25, 0.3) is 5.91 Å². The highest BCUT2D eigenvalue weighted by Gasteiger charge is 2.21. The number of fused-ring (bicyclic) bond motifs is 1. The Hall–Kier alpha value is -2.92. The van der Waals surface area contributed by atoms with Gasteiger partial charge >= 0.3 is 0 Å². The number of aromatic nitrogens is 2. The van der Waals surface area contributed by atoms with E-state index in [1.54, 1.807) is 18.5 Å². The number of halogens is 1. The minimum absolute atomic E-state index is 0.229. The van der Waals surface area contributed by atoms with Crippen molar-refractivity contribution < 1.29 is 4.79 Å². The number of carbonyl (C=O) groups excluding carboxylic acids is 1. The molecule has 3 aromatic rings. The van der Waals surface area contributed by atoms with Crippen LogP contribution < -0.4 is 5.32 Å². The number of aromatic amines is 1. The van der Waals surface area contributed by atoms with Crippen LogP contribution in [0.5, 0.6) is 0 Å². The number of aliphatic imine (C=N–C) groups is 1. The second kappa shape index (κ2) is 5.37. The first-order chi connectivity index (χ1) is 11.2. The molecule has 0 saturated heterocycles. The monoisotopic (exact) mass is 322 g/mol. The molecule has 0 radical (unpaired) electrons. The van der Waals surface area contributed by atoms with Crippen LogP contribution in [0.25, 0.3) is 17.1 Å². The highest BCUT2D eigenvalue weighted by molar-refractivity contribution is 6.31. The Bertz CT molecular complexity index is 973. The van der Waals surface area contributed by atoms with E-state index in [4.69, 9.17) is 11.6 Å². The summed E-state index contributed by atoms with van der Waals surface area (Å²) in [4.78, 5) is 23.8. The van der Waals surface area contributed by atoms with Gasteiger partial charge in [0.15, 0.2) is 0 Å². The zero-order chi connectivity index (χ0) is 15.8. The first kappa shape index (κ1) is 13.7. The van der Waals surface area contributed by atoms with E-state index in [9.17, 15) is 4.79 Å². The van der Waals surface area contributed by atoms with Gasteiger partial charge in [-0.15, -0.1) is 0 Å². The van der Waals surface area contributed by atoms with Gasteiger partial charge in [-0.25, -0.2) is 9.98 Å². The zero-order valence-corrected chi connectivity index (χ0v) is 12.6. The third kappa shape index (κ3) is 2.51. The summed E-state index contributed by atoms with van der Waals surface area (Å²) in [6.45, 7) is 0. The molecule has 1 aromatic carbocycles. The van der Waals surface area contributed by atoms with Gasteiger partial charge in [-0.1, -0.05) is 41.9 Å². The van der Waals surface area contributed by atoms with Crippen molar-refractivity contribution in [1.29, 1.82) is 0 Å². The number of hydrogen-bond acceptors (Lipinski definition) is 3. The number of amidine groups is 1. The van der Waals surface area contributed by atoms with Crippen molar-refractivity contribution in [2.45, 2.75) is 0 Å². The fraction of sp³-hybridized carbons (Fsp3) is 0. The molecular formula is C17H11ClN4O. The first-order valence-electron chi connectivity index (χ1n) is 7.00. The van der Waals surface area contributed by atoms with Crippen LogP contribution in [0.1, 0.15) is 11.1 Å². The maximum absolute atomic E-state index is 12.1. The topological polar surface area (TPSA) is 70.1 Å². The molecule has 0 saturated carbocycles. The van der Waals surface area contributed by atoms with E-state index in [0.717, 1.165) is 16.5 Å². The number of hydrogen-bond donors (Lipinski definition) is 2. The molecule has 2 N–H and O–H groups in total. The quantitative estimate of drug-likeness (QED) is 0.712. The summed E-state index contributed by atoms with van der Waals surface area (Å²) in [5.41, 5.74) is 2.75. The number of nitrogens with one attached hydrogen (secondary N) is 2. The minimum Gasteiger partial charge on any atom is -0.346 e.